The van der Waals surface area contributed by atoms with E-state index in [1.807, 2.05) is 35.8 Å². The minimum absolute atomic E-state index is 0.0355. The van der Waals surface area contributed by atoms with Crippen molar-refractivity contribution in [2.45, 2.75) is 51.6 Å². The number of aliphatic carboxylic acids is 1. The van der Waals surface area contributed by atoms with Gasteiger partial charge in [-0.3, -0.25) is 9.59 Å². The maximum atomic E-state index is 12.4. The molecular formula is C18H23N3O3. The van der Waals surface area contributed by atoms with Gasteiger partial charge in [-0.2, -0.15) is 0 Å². The van der Waals surface area contributed by atoms with E-state index < -0.39 is 5.97 Å². The van der Waals surface area contributed by atoms with Crippen LogP contribution in [0.15, 0.2) is 24.3 Å². The van der Waals surface area contributed by atoms with Crippen molar-refractivity contribution in [3.05, 3.63) is 30.1 Å². The van der Waals surface area contributed by atoms with Crippen molar-refractivity contribution in [2.24, 2.45) is 5.92 Å². The first kappa shape index (κ1) is 16.5. The van der Waals surface area contributed by atoms with Crippen LogP contribution in [-0.4, -0.2) is 32.6 Å². The summed E-state index contributed by atoms with van der Waals surface area (Å²) in [5.74, 6) is -0.118. The van der Waals surface area contributed by atoms with Crippen molar-refractivity contribution in [3.63, 3.8) is 0 Å². The van der Waals surface area contributed by atoms with Crippen LogP contribution in [0, 0.1) is 5.92 Å². The number of carboxylic acids is 1. The van der Waals surface area contributed by atoms with E-state index in [1.54, 1.807) is 0 Å². The predicted octanol–water partition coefficient (Wildman–Crippen LogP) is 2.36. The highest BCUT2D eigenvalue weighted by molar-refractivity contribution is 5.81. The first-order valence-corrected chi connectivity index (χ1v) is 8.54. The van der Waals surface area contributed by atoms with Crippen molar-refractivity contribution in [3.8, 4) is 0 Å². The Morgan fingerprint density at radius 1 is 1.25 bits per heavy atom. The van der Waals surface area contributed by atoms with E-state index in [1.165, 1.54) is 0 Å². The summed E-state index contributed by atoms with van der Waals surface area (Å²) in [6, 6.07) is 7.90. The fourth-order valence-electron chi connectivity index (χ4n) is 3.47. The summed E-state index contributed by atoms with van der Waals surface area (Å²) in [4.78, 5) is 28.0. The molecule has 24 heavy (non-hydrogen) atoms. The van der Waals surface area contributed by atoms with Crippen molar-refractivity contribution in [1.82, 2.24) is 14.9 Å². The summed E-state index contributed by atoms with van der Waals surface area (Å²) in [7, 11) is 0. The van der Waals surface area contributed by atoms with Gasteiger partial charge < -0.3 is 15.0 Å². The smallest absolute Gasteiger partial charge is 0.306 e. The number of rotatable bonds is 5. The molecule has 0 saturated heterocycles. The summed E-state index contributed by atoms with van der Waals surface area (Å²) >= 11 is 0. The molecule has 0 aliphatic heterocycles. The number of para-hydroxylation sites is 2. The Morgan fingerprint density at radius 3 is 2.62 bits per heavy atom. The van der Waals surface area contributed by atoms with Gasteiger partial charge in [-0.25, -0.2) is 4.98 Å². The Hall–Kier alpha value is -2.37. The summed E-state index contributed by atoms with van der Waals surface area (Å²) in [5.41, 5.74) is 1.88. The number of aryl methyl sites for hydroxylation is 1. The maximum Gasteiger partial charge on any atom is 0.306 e. The second-order valence-electron chi connectivity index (χ2n) is 6.41. The van der Waals surface area contributed by atoms with Gasteiger partial charge >= 0.3 is 5.97 Å². The van der Waals surface area contributed by atoms with E-state index in [4.69, 9.17) is 5.11 Å². The standard InChI is InChI=1S/C18H23N3O3/c1-2-16-20-14-5-3-4-6-15(14)21(16)11-17(22)19-13-9-7-12(8-10-13)18(23)24/h3-6,12-13H,2,7-11H2,1H3,(H,19,22)(H,23,24). The third kappa shape index (κ3) is 3.42. The number of carbonyl (C=O) groups is 2. The Labute approximate surface area is 140 Å². The molecule has 1 amide bonds. The molecule has 0 spiro atoms. The first-order chi connectivity index (χ1) is 11.6. The number of carboxylic acid groups (broad SMARTS) is 1. The Balaban J connectivity index is 1.64. The zero-order valence-electron chi connectivity index (χ0n) is 13.9. The van der Waals surface area contributed by atoms with E-state index in [9.17, 15) is 9.59 Å². The highest BCUT2D eigenvalue weighted by Crippen LogP contribution is 2.24. The molecule has 1 aliphatic carbocycles. The molecule has 1 heterocycles. The van der Waals surface area contributed by atoms with Crippen LogP contribution in [0.25, 0.3) is 11.0 Å². The van der Waals surface area contributed by atoms with Crippen LogP contribution in [-0.2, 0) is 22.6 Å². The van der Waals surface area contributed by atoms with Gasteiger partial charge in [0.15, 0.2) is 0 Å². The van der Waals surface area contributed by atoms with Crippen molar-refractivity contribution < 1.29 is 14.7 Å². The predicted molar refractivity (Wildman–Crippen MR) is 90.6 cm³/mol. The van der Waals surface area contributed by atoms with Crippen LogP contribution in [0.5, 0.6) is 0 Å². The van der Waals surface area contributed by atoms with Gasteiger partial charge in [-0.1, -0.05) is 19.1 Å². The average molecular weight is 329 g/mol. The molecule has 0 bridgehead atoms. The highest BCUT2D eigenvalue weighted by atomic mass is 16.4. The zero-order chi connectivity index (χ0) is 17.1. The third-order valence-corrected chi connectivity index (χ3v) is 4.79. The summed E-state index contributed by atoms with van der Waals surface area (Å²) < 4.78 is 1.97. The van der Waals surface area contributed by atoms with Crippen LogP contribution >= 0.6 is 0 Å². The van der Waals surface area contributed by atoms with Crippen LogP contribution in [0.4, 0.5) is 0 Å². The molecule has 2 N–H and O–H groups in total. The lowest BCUT2D eigenvalue weighted by atomic mass is 9.86. The maximum absolute atomic E-state index is 12.4. The molecule has 1 fully saturated rings. The molecule has 2 aromatic rings. The lowest BCUT2D eigenvalue weighted by Gasteiger charge is -2.27. The molecule has 1 aromatic heterocycles. The van der Waals surface area contributed by atoms with Gasteiger partial charge in [0, 0.05) is 12.5 Å². The number of aromatic nitrogens is 2. The normalized spacial score (nSPS) is 20.9. The molecule has 128 valence electrons. The number of fused-ring (bicyclic) bond motifs is 1. The lowest BCUT2D eigenvalue weighted by Crippen LogP contribution is -2.40. The van der Waals surface area contributed by atoms with Crippen LogP contribution in [0.2, 0.25) is 0 Å². The first-order valence-electron chi connectivity index (χ1n) is 8.54. The van der Waals surface area contributed by atoms with E-state index in [0.29, 0.717) is 12.8 Å². The third-order valence-electron chi connectivity index (χ3n) is 4.79. The topological polar surface area (TPSA) is 84.2 Å². The molecule has 0 radical (unpaired) electrons. The minimum atomic E-state index is -0.725. The van der Waals surface area contributed by atoms with Crippen LogP contribution < -0.4 is 5.32 Å². The fraction of sp³-hybridized carbons (Fsp3) is 0.500. The largest absolute Gasteiger partial charge is 0.481 e. The SMILES string of the molecule is CCc1nc2ccccc2n1CC(=O)NC1CCC(C(=O)O)CC1. The number of carbonyl (C=O) groups excluding carboxylic acids is 1. The zero-order valence-corrected chi connectivity index (χ0v) is 13.9. The summed E-state index contributed by atoms with van der Waals surface area (Å²) in [6.45, 7) is 2.28. The van der Waals surface area contributed by atoms with E-state index in [2.05, 4.69) is 10.3 Å². The number of nitrogens with zero attached hydrogens (tertiary/aromatic N) is 2. The van der Waals surface area contributed by atoms with Crippen molar-refractivity contribution in [1.29, 1.82) is 0 Å². The molecule has 1 saturated carbocycles. The summed E-state index contributed by atoms with van der Waals surface area (Å²) in [5, 5.41) is 12.1. The molecule has 0 atom stereocenters. The fourth-order valence-corrected chi connectivity index (χ4v) is 3.47. The summed E-state index contributed by atoms with van der Waals surface area (Å²) in [6.07, 6.45) is 3.50. The monoisotopic (exact) mass is 329 g/mol. The number of imidazole rings is 1. The van der Waals surface area contributed by atoms with E-state index in [0.717, 1.165) is 36.1 Å². The highest BCUT2D eigenvalue weighted by Gasteiger charge is 2.26. The minimum Gasteiger partial charge on any atom is -0.481 e. The van der Waals surface area contributed by atoms with Gasteiger partial charge in [0.25, 0.3) is 0 Å². The molecule has 6 heteroatoms. The molecule has 0 unspecified atom stereocenters. The second-order valence-corrected chi connectivity index (χ2v) is 6.41. The van der Waals surface area contributed by atoms with E-state index >= 15 is 0 Å². The Morgan fingerprint density at radius 2 is 1.96 bits per heavy atom. The van der Waals surface area contributed by atoms with Gasteiger partial charge in [0.2, 0.25) is 5.91 Å². The van der Waals surface area contributed by atoms with E-state index in [-0.39, 0.29) is 24.4 Å². The van der Waals surface area contributed by atoms with Crippen LogP contribution in [0.3, 0.4) is 0 Å². The average Bonchev–Trinajstić information content (AvgIpc) is 2.93. The van der Waals surface area contributed by atoms with Gasteiger partial charge in [0.05, 0.1) is 17.0 Å². The Kier molecular flexibility index (Phi) is 4.83. The number of nitrogens with one attached hydrogen (secondary N) is 1. The van der Waals surface area contributed by atoms with Crippen molar-refractivity contribution >= 4 is 22.9 Å². The molecule has 1 aromatic carbocycles. The second kappa shape index (κ2) is 7.03. The molecule has 1 aliphatic rings. The van der Waals surface area contributed by atoms with Gasteiger partial charge in [-0.15, -0.1) is 0 Å². The van der Waals surface area contributed by atoms with Gasteiger partial charge in [0.1, 0.15) is 12.4 Å². The molecule has 3 rings (SSSR count). The number of hydrogen-bond acceptors (Lipinski definition) is 3. The number of benzene rings is 1. The molecular weight excluding hydrogens is 306 g/mol. The quantitative estimate of drug-likeness (QED) is 0.882. The molecule has 6 nitrogen and oxygen atoms in total. The number of amides is 1. The van der Waals surface area contributed by atoms with Crippen molar-refractivity contribution in [2.75, 3.05) is 0 Å². The number of hydrogen-bond donors (Lipinski definition) is 2. The lowest BCUT2D eigenvalue weighted by molar-refractivity contribution is -0.142. The van der Waals surface area contributed by atoms with Crippen LogP contribution in [0.1, 0.15) is 38.4 Å². The Bertz CT molecular complexity index is 745. The van der Waals surface area contributed by atoms with Gasteiger partial charge in [-0.05, 0) is 37.8 Å².